The molecule has 5 N–H and O–H groups in total. The fraction of sp³-hybridized carbons (Fsp3) is 0.750. The molecule has 1 aliphatic heterocycles. The van der Waals surface area contributed by atoms with Crippen molar-refractivity contribution in [2.45, 2.75) is 44.6 Å². The Morgan fingerprint density at radius 3 is 2.74 bits per heavy atom. The fourth-order valence-electron chi connectivity index (χ4n) is 2.89. The van der Waals surface area contributed by atoms with Gasteiger partial charge in [0.15, 0.2) is 5.84 Å². The highest BCUT2D eigenvalue weighted by Crippen LogP contribution is 2.38. The molecule has 106 valence electrons. The Morgan fingerprint density at radius 2 is 2.21 bits per heavy atom. The van der Waals surface area contributed by atoms with E-state index in [1.807, 2.05) is 0 Å². The molecule has 0 aromatic heterocycles. The molecule has 1 atom stereocenters. The Hall–Kier alpha value is -1.79. The van der Waals surface area contributed by atoms with Crippen LogP contribution in [0.3, 0.4) is 0 Å². The normalized spacial score (nSPS) is 26.2. The maximum Gasteiger partial charge on any atom is 0.234 e. The molecule has 0 bridgehead atoms. The van der Waals surface area contributed by atoms with E-state index in [0.717, 1.165) is 19.3 Å². The summed E-state index contributed by atoms with van der Waals surface area (Å²) in [6.45, 7) is 0.394. The highest BCUT2D eigenvalue weighted by molar-refractivity contribution is 6.07. The average Bonchev–Trinajstić information content (AvgIpc) is 3.04. The van der Waals surface area contributed by atoms with Gasteiger partial charge >= 0.3 is 0 Å². The van der Waals surface area contributed by atoms with E-state index >= 15 is 0 Å². The van der Waals surface area contributed by atoms with E-state index in [2.05, 4.69) is 15.8 Å². The highest BCUT2D eigenvalue weighted by Gasteiger charge is 2.45. The van der Waals surface area contributed by atoms with Crippen LogP contribution in [0.1, 0.15) is 38.5 Å². The Kier molecular flexibility index (Phi) is 3.92. The molecule has 1 heterocycles. The third-order valence-electron chi connectivity index (χ3n) is 4.08. The second-order valence-electron chi connectivity index (χ2n) is 5.29. The number of carbonyl (C=O) groups is 2. The summed E-state index contributed by atoms with van der Waals surface area (Å²) in [5.41, 5.74) is 4.81. The van der Waals surface area contributed by atoms with Gasteiger partial charge in [-0.05, 0) is 19.3 Å². The Bertz CT molecular complexity index is 402. The molecule has 0 spiro atoms. The molecule has 7 heteroatoms. The summed E-state index contributed by atoms with van der Waals surface area (Å²) in [4.78, 5) is 23.4. The lowest BCUT2D eigenvalue weighted by molar-refractivity contribution is -0.127. The van der Waals surface area contributed by atoms with Gasteiger partial charge in [0.2, 0.25) is 11.8 Å². The van der Waals surface area contributed by atoms with Gasteiger partial charge in [0.25, 0.3) is 0 Å². The summed E-state index contributed by atoms with van der Waals surface area (Å²) < 4.78 is 0. The minimum Gasteiger partial charge on any atom is -0.409 e. The van der Waals surface area contributed by atoms with Gasteiger partial charge in [-0.15, -0.1) is 0 Å². The van der Waals surface area contributed by atoms with Gasteiger partial charge in [-0.2, -0.15) is 0 Å². The fourth-order valence-corrected chi connectivity index (χ4v) is 2.89. The van der Waals surface area contributed by atoms with Crippen LogP contribution in [0.2, 0.25) is 0 Å². The topological polar surface area (TPSA) is 117 Å². The van der Waals surface area contributed by atoms with Crippen molar-refractivity contribution in [2.75, 3.05) is 6.54 Å². The lowest BCUT2D eigenvalue weighted by Crippen LogP contribution is -2.50. The quantitative estimate of drug-likeness (QED) is 0.242. The van der Waals surface area contributed by atoms with Crippen LogP contribution in [0.25, 0.3) is 0 Å². The van der Waals surface area contributed by atoms with Crippen LogP contribution in [-0.2, 0) is 9.59 Å². The third-order valence-corrected chi connectivity index (χ3v) is 4.08. The average molecular weight is 268 g/mol. The smallest absolute Gasteiger partial charge is 0.234 e. The van der Waals surface area contributed by atoms with Gasteiger partial charge in [0.05, 0.1) is 0 Å². The number of hydrogen-bond donors (Lipinski definition) is 4. The maximum atomic E-state index is 12.3. The van der Waals surface area contributed by atoms with Crippen molar-refractivity contribution in [2.24, 2.45) is 16.3 Å². The molecule has 1 saturated carbocycles. The largest absolute Gasteiger partial charge is 0.409 e. The first kappa shape index (κ1) is 13.6. The number of carbonyl (C=O) groups excluding carboxylic acids is 2. The minimum atomic E-state index is -0.878. The first-order valence-electron chi connectivity index (χ1n) is 6.64. The van der Waals surface area contributed by atoms with E-state index in [1.165, 1.54) is 0 Å². The lowest BCUT2D eigenvalue weighted by atomic mass is 9.83. The van der Waals surface area contributed by atoms with E-state index in [1.54, 1.807) is 0 Å². The van der Waals surface area contributed by atoms with Crippen LogP contribution in [0, 0.1) is 5.41 Å². The van der Waals surface area contributed by atoms with Gasteiger partial charge in [0, 0.05) is 19.0 Å². The second kappa shape index (κ2) is 5.46. The molecule has 0 radical (unpaired) electrons. The molecular weight excluding hydrogens is 248 g/mol. The van der Waals surface area contributed by atoms with Crippen LogP contribution in [0.15, 0.2) is 5.16 Å². The van der Waals surface area contributed by atoms with Gasteiger partial charge in [-0.25, -0.2) is 0 Å². The van der Waals surface area contributed by atoms with Crippen LogP contribution >= 0.6 is 0 Å². The van der Waals surface area contributed by atoms with E-state index in [9.17, 15) is 9.59 Å². The Morgan fingerprint density at radius 1 is 1.53 bits per heavy atom. The number of amides is 2. The third kappa shape index (κ3) is 2.64. The molecule has 7 nitrogen and oxygen atoms in total. The number of rotatable bonds is 4. The summed E-state index contributed by atoms with van der Waals surface area (Å²) in [6.07, 6.45) is 4.23. The van der Waals surface area contributed by atoms with Gasteiger partial charge < -0.3 is 21.6 Å². The number of nitrogens with zero attached hydrogens (tertiary/aromatic N) is 1. The van der Waals surface area contributed by atoms with Crippen molar-refractivity contribution in [3.63, 3.8) is 0 Å². The Balaban J connectivity index is 1.95. The first-order valence-corrected chi connectivity index (χ1v) is 6.64. The van der Waals surface area contributed by atoms with Gasteiger partial charge in [-0.1, -0.05) is 18.0 Å². The molecule has 2 aliphatic rings. The minimum absolute atomic E-state index is 0.0119. The van der Waals surface area contributed by atoms with E-state index in [4.69, 9.17) is 10.9 Å². The predicted molar refractivity (Wildman–Crippen MR) is 68.5 cm³/mol. The first-order chi connectivity index (χ1) is 9.08. The Labute approximate surface area is 111 Å². The van der Waals surface area contributed by atoms with E-state index < -0.39 is 5.41 Å². The molecular formula is C12H20N4O3. The van der Waals surface area contributed by atoms with E-state index in [-0.39, 0.29) is 23.7 Å². The van der Waals surface area contributed by atoms with Crippen LogP contribution in [0.5, 0.6) is 0 Å². The van der Waals surface area contributed by atoms with Crippen molar-refractivity contribution in [3.8, 4) is 0 Å². The van der Waals surface area contributed by atoms with Crippen molar-refractivity contribution in [3.05, 3.63) is 0 Å². The zero-order chi connectivity index (χ0) is 13.9. The summed E-state index contributed by atoms with van der Waals surface area (Å²) in [5.74, 6) is -0.203. The molecule has 0 aromatic carbocycles. The monoisotopic (exact) mass is 268 g/mol. The molecule has 1 aliphatic carbocycles. The predicted octanol–water partition coefficient (Wildman–Crippen LogP) is -0.312. The van der Waals surface area contributed by atoms with E-state index in [0.29, 0.717) is 25.8 Å². The van der Waals surface area contributed by atoms with Crippen molar-refractivity contribution in [1.29, 1.82) is 0 Å². The summed E-state index contributed by atoms with van der Waals surface area (Å²) >= 11 is 0. The number of oxime groups is 1. The molecule has 2 amide bonds. The van der Waals surface area contributed by atoms with Crippen LogP contribution in [0.4, 0.5) is 0 Å². The van der Waals surface area contributed by atoms with Crippen LogP contribution in [-0.4, -0.2) is 35.4 Å². The van der Waals surface area contributed by atoms with Crippen LogP contribution < -0.4 is 16.4 Å². The number of nitrogens with one attached hydrogen (secondary N) is 2. The summed E-state index contributed by atoms with van der Waals surface area (Å²) in [7, 11) is 0. The van der Waals surface area contributed by atoms with Crippen molar-refractivity contribution < 1.29 is 14.8 Å². The van der Waals surface area contributed by atoms with Gasteiger partial charge in [-0.3, -0.25) is 9.59 Å². The molecule has 1 saturated heterocycles. The second-order valence-corrected chi connectivity index (χ2v) is 5.29. The zero-order valence-electron chi connectivity index (χ0n) is 10.8. The van der Waals surface area contributed by atoms with Crippen molar-refractivity contribution in [1.82, 2.24) is 10.6 Å². The summed E-state index contributed by atoms with van der Waals surface area (Å²) in [6, 6.07) is -0.0119. The standard InChI is InChI=1S/C12H20N4O3/c13-10(16-19)12(5-1-2-6-12)11(18)14-7-8-3-4-9(17)15-8/h8,19H,1-7H2,(H2,13,16)(H,14,18)(H,15,17). The zero-order valence-corrected chi connectivity index (χ0v) is 10.8. The molecule has 2 fully saturated rings. The molecule has 19 heavy (non-hydrogen) atoms. The maximum absolute atomic E-state index is 12.3. The lowest BCUT2D eigenvalue weighted by Gasteiger charge is -2.26. The molecule has 0 aromatic rings. The number of hydrogen-bond acceptors (Lipinski definition) is 4. The molecule has 2 rings (SSSR count). The number of amidine groups is 1. The van der Waals surface area contributed by atoms with Gasteiger partial charge in [0.1, 0.15) is 5.41 Å². The number of nitrogens with two attached hydrogens (primary N) is 1. The SMILES string of the molecule is NC(=NO)C1(C(=O)NCC2CCC(=O)N2)CCCC1. The summed E-state index contributed by atoms with van der Waals surface area (Å²) in [5, 5.41) is 17.5. The molecule has 1 unspecified atom stereocenters. The van der Waals surface area contributed by atoms with Crippen molar-refractivity contribution >= 4 is 17.6 Å². The highest BCUT2D eigenvalue weighted by atomic mass is 16.4.